The number of hydrogen-bond acceptors (Lipinski definition) is 5. The average Bonchev–Trinajstić information content (AvgIpc) is 2.72. The Balaban J connectivity index is 2.08. The van der Waals surface area contributed by atoms with Crippen molar-refractivity contribution >= 4 is 21.6 Å². The molecule has 1 aromatic heterocycles. The van der Waals surface area contributed by atoms with Gasteiger partial charge in [-0.05, 0) is 18.2 Å². The van der Waals surface area contributed by atoms with Crippen molar-refractivity contribution < 1.29 is 9.84 Å². The molecule has 0 aliphatic heterocycles. The van der Waals surface area contributed by atoms with Crippen LogP contribution in [0, 0.1) is 0 Å². The monoisotopic (exact) mass is 224 g/mol. The van der Waals surface area contributed by atoms with E-state index in [0.29, 0.717) is 0 Å². The summed E-state index contributed by atoms with van der Waals surface area (Å²) in [6.45, 7) is 0.434. The first-order valence-electron chi connectivity index (χ1n) is 4.64. The number of nitrogens with zero attached hydrogens (tertiary/aromatic N) is 1. The summed E-state index contributed by atoms with van der Waals surface area (Å²) in [6, 6.07) is 5.65. The van der Waals surface area contributed by atoms with Crippen molar-refractivity contribution in [3.8, 4) is 5.75 Å². The van der Waals surface area contributed by atoms with Crippen LogP contribution in [0.2, 0.25) is 0 Å². The van der Waals surface area contributed by atoms with Gasteiger partial charge in [0.2, 0.25) is 0 Å². The molecule has 0 fully saturated rings. The zero-order valence-electron chi connectivity index (χ0n) is 8.09. The second kappa shape index (κ2) is 4.57. The normalized spacial score (nSPS) is 12.9. The van der Waals surface area contributed by atoms with E-state index >= 15 is 0 Å². The lowest BCUT2D eigenvalue weighted by Crippen LogP contribution is -2.26. The highest BCUT2D eigenvalue weighted by Crippen LogP contribution is 2.23. The molecule has 0 saturated heterocycles. The number of rotatable bonds is 4. The number of aromatic nitrogens is 1. The molecule has 80 valence electrons. The van der Waals surface area contributed by atoms with E-state index in [1.165, 1.54) is 0 Å². The second-order valence-electron chi connectivity index (χ2n) is 3.18. The fourth-order valence-corrected chi connectivity index (χ4v) is 1.89. The summed E-state index contributed by atoms with van der Waals surface area (Å²) in [5, 5.41) is 9.23. The maximum atomic E-state index is 9.23. The maximum absolute atomic E-state index is 9.23. The smallest absolute Gasteiger partial charge is 0.121 e. The number of hydrogen-bond donors (Lipinski definition) is 2. The summed E-state index contributed by atoms with van der Waals surface area (Å²) < 4.78 is 6.46. The summed E-state index contributed by atoms with van der Waals surface area (Å²) >= 11 is 1.56. The van der Waals surface area contributed by atoms with E-state index < -0.39 is 6.10 Å². The quantitative estimate of drug-likeness (QED) is 0.812. The molecule has 0 spiro atoms. The van der Waals surface area contributed by atoms with Crippen LogP contribution in [-0.4, -0.2) is 29.3 Å². The molecular weight excluding hydrogens is 212 g/mol. The molecule has 0 aliphatic carbocycles. The Morgan fingerprint density at radius 3 is 3.20 bits per heavy atom. The maximum Gasteiger partial charge on any atom is 0.121 e. The Kier molecular flexibility index (Phi) is 3.15. The highest BCUT2D eigenvalue weighted by molar-refractivity contribution is 7.16. The van der Waals surface area contributed by atoms with E-state index in [4.69, 9.17) is 10.5 Å². The lowest BCUT2D eigenvalue weighted by Gasteiger charge is -2.09. The van der Waals surface area contributed by atoms with Crippen LogP contribution in [0.25, 0.3) is 10.2 Å². The van der Waals surface area contributed by atoms with Crippen molar-refractivity contribution in [2.45, 2.75) is 6.10 Å². The van der Waals surface area contributed by atoms with Gasteiger partial charge in [-0.25, -0.2) is 4.98 Å². The molecular formula is C10H12N2O2S. The lowest BCUT2D eigenvalue weighted by atomic mass is 10.3. The number of aliphatic hydroxyl groups excluding tert-OH is 1. The molecule has 3 N–H and O–H groups in total. The zero-order valence-corrected chi connectivity index (χ0v) is 8.91. The number of thiazole rings is 1. The van der Waals surface area contributed by atoms with Crippen molar-refractivity contribution in [2.75, 3.05) is 13.2 Å². The molecule has 5 heteroatoms. The lowest BCUT2D eigenvalue weighted by molar-refractivity contribution is 0.114. The van der Waals surface area contributed by atoms with Gasteiger partial charge in [0.05, 0.1) is 15.7 Å². The zero-order chi connectivity index (χ0) is 10.7. The first kappa shape index (κ1) is 10.4. The van der Waals surface area contributed by atoms with Crippen molar-refractivity contribution in [1.29, 1.82) is 0 Å². The predicted molar refractivity (Wildman–Crippen MR) is 60.2 cm³/mol. The van der Waals surface area contributed by atoms with E-state index in [0.717, 1.165) is 16.0 Å². The van der Waals surface area contributed by atoms with E-state index in [-0.39, 0.29) is 13.2 Å². The number of aliphatic hydroxyl groups is 1. The molecule has 1 unspecified atom stereocenters. The fraction of sp³-hybridized carbons (Fsp3) is 0.300. The average molecular weight is 224 g/mol. The van der Waals surface area contributed by atoms with Gasteiger partial charge >= 0.3 is 0 Å². The van der Waals surface area contributed by atoms with Gasteiger partial charge in [-0.2, -0.15) is 0 Å². The Hall–Kier alpha value is -1.17. The first-order valence-corrected chi connectivity index (χ1v) is 5.52. The SMILES string of the molecule is NCC(O)COc1ccc2ncsc2c1. The Morgan fingerprint density at radius 2 is 2.40 bits per heavy atom. The Bertz CT molecular complexity index is 444. The molecule has 0 bridgehead atoms. The van der Waals surface area contributed by atoms with Gasteiger partial charge in [-0.3, -0.25) is 0 Å². The van der Waals surface area contributed by atoms with Crippen LogP contribution in [0.3, 0.4) is 0 Å². The van der Waals surface area contributed by atoms with Crippen LogP contribution in [0.5, 0.6) is 5.75 Å². The molecule has 2 rings (SSSR count). The topological polar surface area (TPSA) is 68.4 Å². The molecule has 0 saturated carbocycles. The van der Waals surface area contributed by atoms with Crippen LogP contribution in [0.1, 0.15) is 0 Å². The first-order chi connectivity index (χ1) is 7.29. The van der Waals surface area contributed by atoms with E-state index in [2.05, 4.69) is 4.98 Å². The molecule has 15 heavy (non-hydrogen) atoms. The molecule has 0 radical (unpaired) electrons. The summed E-state index contributed by atoms with van der Waals surface area (Å²) in [5.74, 6) is 0.735. The second-order valence-corrected chi connectivity index (χ2v) is 4.07. The molecule has 1 aromatic carbocycles. The summed E-state index contributed by atoms with van der Waals surface area (Å²) in [4.78, 5) is 4.16. The Morgan fingerprint density at radius 1 is 1.53 bits per heavy atom. The third kappa shape index (κ3) is 2.44. The largest absolute Gasteiger partial charge is 0.491 e. The Labute approximate surface area is 91.3 Å². The van der Waals surface area contributed by atoms with E-state index in [9.17, 15) is 5.11 Å². The number of fused-ring (bicyclic) bond motifs is 1. The van der Waals surface area contributed by atoms with Crippen molar-refractivity contribution in [2.24, 2.45) is 5.73 Å². The van der Waals surface area contributed by atoms with E-state index in [1.54, 1.807) is 16.8 Å². The summed E-state index contributed by atoms with van der Waals surface area (Å²) in [5.41, 5.74) is 8.03. The summed E-state index contributed by atoms with van der Waals surface area (Å²) in [6.07, 6.45) is -0.609. The van der Waals surface area contributed by atoms with Crippen molar-refractivity contribution in [3.05, 3.63) is 23.7 Å². The molecule has 0 amide bonds. The molecule has 1 atom stereocenters. The molecule has 0 aliphatic rings. The molecule has 2 aromatic rings. The van der Waals surface area contributed by atoms with Crippen LogP contribution < -0.4 is 10.5 Å². The van der Waals surface area contributed by atoms with Gasteiger partial charge in [0, 0.05) is 6.54 Å². The molecule has 4 nitrogen and oxygen atoms in total. The van der Waals surface area contributed by atoms with Crippen LogP contribution in [0.4, 0.5) is 0 Å². The minimum absolute atomic E-state index is 0.211. The van der Waals surface area contributed by atoms with Gasteiger partial charge in [0.1, 0.15) is 18.5 Å². The highest BCUT2D eigenvalue weighted by Gasteiger charge is 2.03. The minimum Gasteiger partial charge on any atom is -0.491 e. The minimum atomic E-state index is -0.609. The predicted octanol–water partition coefficient (Wildman–Crippen LogP) is 0.995. The number of ether oxygens (including phenoxy) is 1. The standard InChI is InChI=1S/C10H12N2O2S/c11-4-7(13)5-14-8-1-2-9-10(3-8)15-6-12-9/h1-3,6-7,13H,4-5,11H2. The van der Waals surface area contributed by atoms with Gasteiger partial charge in [-0.1, -0.05) is 0 Å². The molecule has 1 heterocycles. The van der Waals surface area contributed by atoms with Crippen LogP contribution in [-0.2, 0) is 0 Å². The van der Waals surface area contributed by atoms with Gasteiger partial charge in [0.25, 0.3) is 0 Å². The van der Waals surface area contributed by atoms with Crippen molar-refractivity contribution in [1.82, 2.24) is 4.98 Å². The van der Waals surface area contributed by atoms with Crippen molar-refractivity contribution in [3.63, 3.8) is 0 Å². The summed E-state index contributed by atoms with van der Waals surface area (Å²) in [7, 11) is 0. The van der Waals surface area contributed by atoms with Crippen LogP contribution >= 0.6 is 11.3 Å². The number of benzene rings is 1. The fourth-order valence-electron chi connectivity index (χ4n) is 1.19. The number of nitrogens with two attached hydrogens (primary N) is 1. The van der Waals surface area contributed by atoms with Crippen LogP contribution in [0.15, 0.2) is 23.7 Å². The third-order valence-electron chi connectivity index (χ3n) is 2.02. The van der Waals surface area contributed by atoms with Gasteiger partial charge in [0.15, 0.2) is 0 Å². The third-order valence-corrected chi connectivity index (χ3v) is 2.81. The van der Waals surface area contributed by atoms with Gasteiger partial charge in [-0.15, -0.1) is 11.3 Å². The van der Waals surface area contributed by atoms with Gasteiger partial charge < -0.3 is 15.6 Å². The highest BCUT2D eigenvalue weighted by atomic mass is 32.1. The van der Waals surface area contributed by atoms with E-state index in [1.807, 2.05) is 18.2 Å².